The number of urea groups is 1. The molecule has 1 aliphatic rings. The van der Waals surface area contributed by atoms with Crippen LogP contribution in [0.4, 0.5) is 19.3 Å². The summed E-state index contributed by atoms with van der Waals surface area (Å²) in [6.45, 7) is 0. The Bertz CT molecular complexity index is 1120. The minimum absolute atomic E-state index is 0.0490. The molecular formula is C25H24F2N2O4. The van der Waals surface area contributed by atoms with Gasteiger partial charge in [0.05, 0.1) is 25.3 Å². The van der Waals surface area contributed by atoms with Crippen molar-refractivity contribution in [2.45, 2.75) is 31.0 Å². The van der Waals surface area contributed by atoms with Crippen molar-refractivity contribution >= 4 is 11.7 Å². The Balaban J connectivity index is 1.64. The lowest BCUT2D eigenvalue weighted by atomic mass is 9.92. The van der Waals surface area contributed by atoms with Gasteiger partial charge in [0.1, 0.15) is 23.1 Å². The van der Waals surface area contributed by atoms with E-state index in [1.165, 1.54) is 66.6 Å². The predicted octanol–water partition coefficient (Wildman–Crippen LogP) is 4.83. The van der Waals surface area contributed by atoms with Crippen LogP contribution in [0.2, 0.25) is 0 Å². The number of rotatable bonds is 7. The number of carbonyl (C=O) groups is 1. The van der Waals surface area contributed by atoms with Crippen molar-refractivity contribution in [3.63, 3.8) is 0 Å². The monoisotopic (exact) mass is 454 g/mol. The Morgan fingerprint density at radius 1 is 1.03 bits per heavy atom. The molecule has 172 valence electrons. The van der Waals surface area contributed by atoms with Gasteiger partial charge in [-0.2, -0.15) is 0 Å². The van der Waals surface area contributed by atoms with E-state index in [9.17, 15) is 23.8 Å². The average molecular weight is 454 g/mol. The fraction of sp³-hybridized carbons (Fsp3) is 0.240. The van der Waals surface area contributed by atoms with Crippen molar-refractivity contribution in [1.29, 1.82) is 0 Å². The molecule has 0 aliphatic carbocycles. The summed E-state index contributed by atoms with van der Waals surface area (Å²) in [4.78, 5) is 14.4. The van der Waals surface area contributed by atoms with Gasteiger partial charge in [0.2, 0.25) is 0 Å². The van der Waals surface area contributed by atoms with Gasteiger partial charge < -0.3 is 20.3 Å². The summed E-state index contributed by atoms with van der Waals surface area (Å²) in [5.74, 6) is -0.405. The molecule has 1 fully saturated rings. The van der Waals surface area contributed by atoms with Crippen LogP contribution in [0.5, 0.6) is 11.5 Å². The molecule has 0 unspecified atom stereocenters. The Kier molecular flexibility index (Phi) is 6.46. The second kappa shape index (κ2) is 9.46. The predicted molar refractivity (Wildman–Crippen MR) is 119 cm³/mol. The van der Waals surface area contributed by atoms with Gasteiger partial charge in [-0.1, -0.05) is 12.1 Å². The Labute approximate surface area is 190 Å². The molecule has 0 aromatic heterocycles. The molecular weight excluding hydrogens is 430 g/mol. The van der Waals surface area contributed by atoms with Crippen molar-refractivity contribution < 1.29 is 28.5 Å². The first-order valence-corrected chi connectivity index (χ1v) is 10.5. The molecule has 3 atom stereocenters. The summed E-state index contributed by atoms with van der Waals surface area (Å²) in [6.07, 6.45) is -0.188. The van der Waals surface area contributed by atoms with Crippen LogP contribution in [0.1, 0.15) is 36.1 Å². The summed E-state index contributed by atoms with van der Waals surface area (Å²) in [5.41, 5.74) is 1.52. The first kappa shape index (κ1) is 22.5. The van der Waals surface area contributed by atoms with Crippen molar-refractivity contribution in [2.24, 2.45) is 0 Å². The quantitative estimate of drug-likeness (QED) is 0.478. The second-order valence-electron chi connectivity index (χ2n) is 7.92. The number of methoxy groups -OCH3 is 1. The van der Waals surface area contributed by atoms with E-state index in [1.54, 1.807) is 12.1 Å². The molecule has 1 saturated heterocycles. The number of nitrogens with zero attached hydrogens (tertiary/aromatic N) is 1. The highest BCUT2D eigenvalue weighted by Gasteiger charge is 2.42. The van der Waals surface area contributed by atoms with Crippen LogP contribution in [0.3, 0.4) is 0 Å². The third-order valence-electron chi connectivity index (χ3n) is 5.85. The van der Waals surface area contributed by atoms with Gasteiger partial charge in [0.15, 0.2) is 0 Å². The van der Waals surface area contributed by atoms with Crippen molar-refractivity contribution in [3.05, 3.63) is 89.5 Å². The maximum atomic E-state index is 13.5. The largest absolute Gasteiger partial charge is 0.507 e. The van der Waals surface area contributed by atoms with Gasteiger partial charge in [-0.05, 0) is 66.9 Å². The van der Waals surface area contributed by atoms with Crippen LogP contribution in [-0.4, -0.2) is 29.4 Å². The SMILES string of the molecule is COc1ccc([C@@H]2[C@H](CC[C@H](O)c3ccc(F)cc3)NC(=O)N2c2ccc(F)cc2)c(O)c1. The van der Waals surface area contributed by atoms with E-state index >= 15 is 0 Å². The minimum Gasteiger partial charge on any atom is -0.507 e. The molecule has 4 rings (SSSR count). The van der Waals surface area contributed by atoms with Gasteiger partial charge in [0.25, 0.3) is 0 Å². The van der Waals surface area contributed by atoms with E-state index in [2.05, 4.69) is 5.32 Å². The molecule has 3 aromatic carbocycles. The molecule has 1 aliphatic heterocycles. The van der Waals surface area contributed by atoms with Gasteiger partial charge in [-0.25, -0.2) is 13.6 Å². The zero-order valence-corrected chi connectivity index (χ0v) is 17.9. The summed E-state index contributed by atoms with van der Waals surface area (Å²) in [5, 5.41) is 24.2. The number of hydrogen-bond acceptors (Lipinski definition) is 4. The fourth-order valence-corrected chi connectivity index (χ4v) is 4.17. The van der Waals surface area contributed by atoms with E-state index in [4.69, 9.17) is 4.74 Å². The summed E-state index contributed by atoms with van der Waals surface area (Å²) in [6, 6.07) is 14.5. The first-order valence-electron chi connectivity index (χ1n) is 10.5. The molecule has 3 N–H and O–H groups in total. The molecule has 0 spiro atoms. The van der Waals surface area contributed by atoms with Crippen LogP contribution < -0.4 is 15.0 Å². The highest BCUT2D eigenvalue weighted by atomic mass is 19.1. The zero-order chi connectivity index (χ0) is 23.5. The third kappa shape index (κ3) is 4.75. The van der Waals surface area contributed by atoms with Gasteiger partial charge in [-0.3, -0.25) is 4.90 Å². The minimum atomic E-state index is -0.854. The number of aliphatic hydroxyl groups excluding tert-OH is 1. The lowest BCUT2D eigenvalue weighted by molar-refractivity contribution is 0.159. The number of amides is 2. The third-order valence-corrected chi connectivity index (χ3v) is 5.85. The number of aromatic hydroxyl groups is 1. The number of phenols is 1. The standard InChI is InChI=1S/C25H24F2N2O4/c1-33-19-10-11-20(23(31)14-19)24-21(12-13-22(30)15-2-4-16(26)5-3-15)28-25(32)29(24)18-8-6-17(27)7-9-18/h2-11,14,21-22,24,30-31H,12-13H2,1H3,(H,28,32)/t21-,22-,24+/m0/s1. The second-order valence-corrected chi connectivity index (χ2v) is 7.92. The number of phenolic OH excluding ortho intramolecular Hbond substituents is 1. The number of hydrogen-bond donors (Lipinski definition) is 3. The molecule has 1 heterocycles. The Morgan fingerprint density at radius 3 is 2.27 bits per heavy atom. The maximum Gasteiger partial charge on any atom is 0.322 e. The number of benzene rings is 3. The van der Waals surface area contributed by atoms with E-state index < -0.39 is 30.0 Å². The number of nitrogens with one attached hydrogen (secondary N) is 1. The summed E-state index contributed by atoms with van der Waals surface area (Å²) in [7, 11) is 1.49. The van der Waals surface area contributed by atoms with E-state index in [1.807, 2.05) is 0 Å². The molecule has 0 radical (unpaired) electrons. The Hall–Kier alpha value is -3.65. The number of aliphatic hydroxyl groups is 1. The van der Waals surface area contributed by atoms with Crippen LogP contribution in [0, 0.1) is 11.6 Å². The highest BCUT2D eigenvalue weighted by Crippen LogP contribution is 2.41. The van der Waals surface area contributed by atoms with Gasteiger partial charge in [-0.15, -0.1) is 0 Å². The number of ether oxygens (including phenoxy) is 1. The lowest BCUT2D eigenvalue weighted by Gasteiger charge is -2.28. The molecule has 33 heavy (non-hydrogen) atoms. The van der Waals surface area contributed by atoms with Crippen LogP contribution in [0.25, 0.3) is 0 Å². The smallest absolute Gasteiger partial charge is 0.322 e. The van der Waals surface area contributed by atoms with E-state index in [0.29, 0.717) is 35.4 Å². The van der Waals surface area contributed by atoms with E-state index in [-0.39, 0.29) is 11.6 Å². The number of halogens is 2. The molecule has 0 saturated carbocycles. The van der Waals surface area contributed by atoms with Crippen LogP contribution in [0.15, 0.2) is 66.7 Å². The average Bonchev–Trinajstić information content (AvgIpc) is 3.14. The number of carbonyl (C=O) groups excluding carboxylic acids is 1. The van der Waals surface area contributed by atoms with Gasteiger partial charge in [0, 0.05) is 17.3 Å². The first-order chi connectivity index (χ1) is 15.9. The molecule has 3 aromatic rings. The Morgan fingerprint density at radius 2 is 1.67 bits per heavy atom. The van der Waals surface area contributed by atoms with Crippen molar-refractivity contribution in [2.75, 3.05) is 12.0 Å². The van der Waals surface area contributed by atoms with Crippen molar-refractivity contribution in [3.8, 4) is 11.5 Å². The fourth-order valence-electron chi connectivity index (χ4n) is 4.17. The highest BCUT2D eigenvalue weighted by molar-refractivity contribution is 5.96. The van der Waals surface area contributed by atoms with E-state index in [0.717, 1.165) is 0 Å². The number of anilines is 1. The summed E-state index contributed by atoms with van der Waals surface area (Å²) < 4.78 is 31.8. The van der Waals surface area contributed by atoms with Crippen molar-refractivity contribution in [1.82, 2.24) is 5.32 Å². The normalized spacial score (nSPS) is 18.8. The lowest BCUT2D eigenvalue weighted by Crippen LogP contribution is -2.29. The van der Waals surface area contributed by atoms with Crippen LogP contribution >= 0.6 is 0 Å². The molecule has 2 amide bonds. The maximum absolute atomic E-state index is 13.5. The van der Waals surface area contributed by atoms with Gasteiger partial charge >= 0.3 is 6.03 Å². The summed E-state index contributed by atoms with van der Waals surface area (Å²) >= 11 is 0. The van der Waals surface area contributed by atoms with Crippen LogP contribution in [-0.2, 0) is 0 Å². The molecule has 6 nitrogen and oxygen atoms in total. The topological polar surface area (TPSA) is 82.0 Å². The molecule has 8 heteroatoms. The zero-order valence-electron chi connectivity index (χ0n) is 17.9. The molecule has 0 bridgehead atoms.